The molecule has 0 bridgehead atoms. The summed E-state index contributed by atoms with van der Waals surface area (Å²) in [6.45, 7) is 5.22. The third-order valence-corrected chi connectivity index (χ3v) is 3.90. The van der Waals surface area contributed by atoms with Crippen molar-refractivity contribution in [2.24, 2.45) is 11.1 Å². The number of amides is 1. The predicted octanol–water partition coefficient (Wildman–Crippen LogP) is 2.25. The molecule has 3 N–H and O–H groups in total. The standard InChI is InChI=1S/C15H23FN2O/c1-3-15(4-2,10-17)11-18-14(19)9-12-7-5-6-8-13(12)16/h5-8H,3-4,9-11,17H2,1-2H3,(H,18,19). The van der Waals surface area contributed by atoms with Gasteiger partial charge >= 0.3 is 0 Å². The number of carbonyl (C=O) groups is 1. The van der Waals surface area contributed by atoms with Gasteiger partial charge in [-0.2, -0.15) is 0 Å². The largest absolute Gasteiger partial charge is 0.355 e. The third-order valence-electron chi connectivity index (χ3n) is 3.90. The van der Waals surface area contributed by atoms with Gasteiger partial charge in [0.15, 0.2) is 0 Å². The number of rotatable bonds is 7. The van der Waals surface area contributed by atoms with Gasteiger partial charge in [0.25, 0.3) is 0 Å². The average molecular weight is 266 g/mol. The molecule has 0 saturated heterocycles. The minimum atomic E-state index is -0.339. The van der Waals surface area contributed by atoms with Crippen molar-refractivity contribution < 1.29 is 9.18 Å². The lowest BCUT2D eigenvalue weighted by Gasteiger charge is -2.30. The number of nitrogens with two attached hydrogens (primary N) is 1. The Hall–Kier alpha value is -1.42. The Balaban J connectivity index is 2.55. The second kappa shape index (κ2) is 7.24. The highest BCUT2D eigenvalue weighted by molar-refractivity contribution is 5.78. The van der Waals surface area contributed by atoms with Crippen molar-refractivity contribution in [1.82, 2.24) is 5.32 Å². The molecule has 0 aliphatic carbocycles. The van der Waals surface area contributed by atoms with Crippen LogP contribution in [0, 0.1) is 11.2 Å². The van der Waals surface area contributed by atoms with E-state index in [2.05, 4.69) is 19.2 Å². The van der Waals surface area contributed by atoms with Crippen LogP contribution in [0.15, 0.2) is 24.3 Å². The molecule has 0 spiro atoms. The quantitative estimate of drug-likeness (QED) is 0.795. The highest BCUT2D eigenvalue weighted by atomic mass is 19.1. The van der Waals surface area contributed by atoms with E-state index < -0.39 is 0 Å². The number of halogens is 1. The summed E-state index contributed by atoms with van der Waals surface area (Å²) < 4.78 is 13.4. The molecule has 0 atom stereocenters. The van der Waals surface area contributed by atoms with Crippen LogP contribution in [0.1, 0.15) is 32.3 Å². The summed E-state index contributed by atoms with van der Waals surface area (Å²) in [7, 11) is 0. The lowest BCUT2D eigenvalue weighted by molar-refractivity contribution is -0.121. The molecule has 4 heteroatoms. The van der Waals surface area contributed by atoms with Crippen molar-refractivity contribution in [1.29, 1.82) is 0 Å². The summed E-state index contributed by atoms with van der Waals surface area (Å²) >= 11 is 0. The van der Waals surface area contributed by atoms with Gasteiger partial charge in [-0.05, 0) is 36.4 Å². The second-order valence-corrected chi connectivity index (χ2v) is 4.96. The maximum Gasteiger partial charge on any atom is 0.224 e. The van der Waals surface area contributed by atoms with Crippen LogP contribution >= 0.6 is 0 Å². The molecule has 19 heavy (non-hydrogen) atoms. The molecule has 0 aromatic heterocycles. The minimum absolute atomic E-state index is 0.0507. The molecule has 0 radical (unpaired) electrons. The number of hydrogen-bond donors (Lipinski definition) is 2. The first-order valence-corrected chi connectivity index (χ1v) is 6.77. The number of hydrogen-bond acceptors (Lipinski definition) is 2. The number of nitrogens with one attached hydrogen (secondary N) is 1. The van der Waals surface area contributed by atoms with Gasteiger partial charge in [-0.3, -0.25) is 4.79 Å². The third kappa shape index (κ3) is 4.31. The Kier molecular flexibility index (Phi) is 5.96. The summed E-state index contributed by atoms with van der Waals surface area (Å²) in [6.07, 6.45) is 1.90. The van der Waals surface area contributed by atoms with E-state index in [9.17, 15) is 9.18 Å². The molecule has 1 aromatic carbocycles. The highest BCUT2D eigenvalue weighted by Crippen LogP contribution is 2.23. The maximum atomic E-state index is 13.4. The molecule has 0 fully saturated rings. The lowest BCUT2D eigenvalue weighted by atomic mass is 9.82. The molecule has 1 amide bonds. The van der Waals surface area contributed by atoms with Gasteiger partial charge in [0.05, 0.1) is 6.42 Å². The van der Waals surface area contributed by atoms with Crippen LogP contribution in [-0.2, 0) is 11.2 Å². The van der Waals surface area contributed by atoms with Crippen molar-refractivity contribution in [3.05, 3.63) is 35.6 Å². The Labute approximate surface area is 114 Å². The molecule has 0 unspecified atom stereocenters. The molecule has 0 aliphatic heterocycles. The topological polar surface area (TPSA) is 55.1 Å². The van der Waals surface area contributed by atoms with Crippen molar-refractivity contribution in [3.8, 4) is 0 Å². The first-order valence-electron chi connectivity index (χ1n) is 6.77. The van der Waals surface area contributed by atoms with Crippen molar-refractivity contribution in [2.45, 2.75) is 33.1 Å². The first-order chi connectivity index (χ1) is 9.06. The van der Waals surface area contributed by atoms with Crippen LogP contribution in [-0.4, -0.2) is 19.0 Å². The first kappa shape index (κ1) is 15.6. The average Bonchev–Trinajstić information content (AvgIpc) is 2.44. The normalized spacial score (nSPS) is 11.4. The summed E-state index contributed by atoms with van der Waals surface area (Å²) in [6, 6.07) is 6.34. The van der Waals surface area contributed by atoms with Crippen LogP contribution in [0.3, 0.4) is 0 Å². The highest BCUT2D eigenvalue weighted by Gasteiger charge is 2.24. The fraction of sp³-hybridized carbons (Fsp3) is 0.533. The van der Waals surface area contributed by atoms with Gasteiger partial charge in [-0.25, -0.2) is 4.39 Å². The predicted molar refractivity (Wildman–Crippen MR) is 75.2 cm³/mol. The Morgan fingerprint density at radius 3 is 2.47 bits per heavy atom. The number of carbonyl (C=O) groups excluding carboxylic acids is 1. The maximum absolute atomic E-state index is 13.4. The van der Waals surface area contributed by atoms with E-state index in [1.165, 1.54) is 6.07 Å². The van der Waals surface area contributed by atoms with E-state index in [4.69, 9.17) is 5.73 Å². The molecule has 1 aromatic rings. The fourth-order valence-corrected chi connectivity index (χ4v) is 2.02. The molecule has 0 heterocycles. The lowest BCUT2D eigenvalue weighted by Crippen LogP contribution is -2.42. The number of benzene rings is 1. The molecule has 106 valence electrons. The molecular weight excluding hydrogens is 243 g/mol. The Morgan fingerprint density at radius 2 is 1.95 bits per heavy atom. The summed E-state index contributed by atoms with van der Waals surface area (Å²) in [5.41, 5.74) is 6.15. The zero-order valence-corrected chi connectivity index (χ0v) is 11.7. The van der Waals surface area contributed by atoms with Crippen LogP contribution in [0.4, 0.5) is 4.39 Å². The zero-order valence-electron chi connectivity index (χ0n) is 11.7. The van der Waals surface area contributed by atoms with Gasteiger partial charge in [-0.1, -0.05) is 32.0 Å². The van der Waals surface area contributed by atoms with Gasteiger partial charge in [0, 0.05) is 6.54 Å². The summed E-state index contributed by atoms with van der Waals surface area (Å²) in [5.74, 6) is -0.501. The summed E-state index contributed by atoms with van der Waals surface area (Å²) in [4.78, 5) is 11.8. The van der Waals surface area contributed by atoms with Gasteiger partial charge in [-0.15, -0.1) is 0 Å². The van der Waals surface area contributed by atoms with Crippen molar-refractivity contribution >= 4 is 5.91 Å². The van der Waals surface area contributed by atoms with E-state index in [0.717, 1.165) is 12.8 Å². The summed E-state index contributed by atoms with van der Waals surface area (Å²) in [5, 5.41) is 2.87. The zero-order chi connectivity index (χ0) is 14.3. The van der Waals surface area contributed by atoms with Crippen LogP contribution in [0.2, 0.25) is 0 Å². The van der Waals surface area contributed by atoms with Crippen molar-refractivity contribution in [3.63, 3.8) is 0 Å². The monoisotopic (exact) mass is 266 g/mol. The molecule has 0 aliphatic rings. The fourth-order valence-electron chi connectivity index (χ4n) is 2.02. The Morgan fingerprint density at radius 1 is 1.32 bits per heavy atom. The van der Waals surface area contributed by atoms with Crippen LogP contribution < -0.4 is 11.1 Å². The Bertz CT molecular complexity index is 408. The van der Waals surface area contributed by atoms with Gasteiger partial charge < -0.3 is 11.1 Å². The second-order valence-electron chi connectivity index (χ2n) is 4.96. The molecular formula is C15H23FN2O. The van der Waals surface area contributed by atoms with Crippen LogP contribution in [0.25, 0.3) is 0 Å². The van der Waals surface area contributed by atoms with Crippen molar-refractivity contribution in [2.75, 3.05) is 13.1 Å². The molecule has 1 rings (SSSR count). The SMILES string of the molecule is CCC(CC)(CN)CNC(=O)Cc1ccccc1F. The van der Waals surface area contributed by atoms with Gasteiger partial charge in [0.1, 0.15) is 5.82 Å². The minimum Gasteiger partial charge on any atom is -0.355 e. The molecule has 3 nitrogen and oxygen atoms in total. The van der Waals surface area contributed by atoms with Crippen LogP contribution in [0.5, 0.6) is 0 Å². The van der Waals surface area contributed by atoms with E-state index in [-0.39, 0.29) is 23.6 Å². The van der Waals surface area contributed by atoms with Gasteiger partial charge in [0.2, 0.25) is 5.91 Å². The van der Waals surface area contributed by atoms with E-state index in [1.54, 1.807) is 18.2 Å². The molecule has 0 saturated carbocycles. The van der Waals surface area contributed by atoms with E-state index in [1.807, 2.05) is 0 Å². The smallest absolute Gasteiger partial charge is 0.224 e. The van der Waals surface area contributed by atoms with E-state index >= 15 is 0 Å². The van der Waals surface area contributed by atoms with E-state index in [0.29, 0.717) is 18.7 Å².